The average Bonchev–Trinajstić information content (AvgIpc) is 2.52. The molecule has 0 bridgehead atoms. The van der Waals surface area contributed by atoms with Crippen molar-refractivity contribution < 1.29 is 14.5 Å². The highest BCUT2D eigenvalue weighted by Gasteiger charge is 2.51. The Labute approximate surface area is 122 Å². The number of nitro benzene ring substituents is 1. The van der Waals surface area contributed by atoms with E-state index in [-0.39, 0.29) is 17.2 Å². The Morgan fingerprint density at radius 1 is 1.24 bits per heavy atom. The minimum absolute atomic E-state index is 0.0474. The molecule has 0 unspecified atom stereocenters. The van der Waals surface area contributed by atoms with Gasteiger partial charge in [-0.3, -0.25) is 20.3 Å². The van der Waals surface area contributed by atoms with Crippen molar-refractivity contribution in [2.45, 2.75) is 38.9 Å². The molecule has 1 aliphatic heterocycles. The van der Waals surface area contributed by atoms with Gasteiger partial charge in [0.15, 0.2) is 0 Å². The van der Waals surface area contributed by atoms with Gasteiger partial charge in [0.25, 0.3) is 5.69 Å². The monoisotopic (exact) mass is 291 g/mol. The molecule has 1 saturated heterocycles. The summed E-state index contributed by atoms with van der Waals surface area (Å²) in [6.45, 7) is 6.89. The Morgan fingerprint density at radius 2 is 1.90 bits per heavy atom. The maximum absolute atomic E-state index is 12.2. The number of rotatable bonds is 3. The van der Waals surface area contributed by atoms with Gasteiger partial charge in [0.2, 0.25) is 5.78 Å². The van der Waals surface area contributed by atoms with Crippen LogP contribution in [0, 0.1) is 10.1 Å². The lowest BCUT2D eigenvalue weighted by atomic mass is 9.97. The second-order valence-electron chi connectivity index (χ2n) is 5.83. The van der Waals surface area contributed by atoms with Crippen LogP contribution in [0.25, 0.3) is 0 Å². The molecule has 0 aliphatic carbocycles. The van der Waals surface area contributed by atoms with Crippen molar-refractivity contribution in [3.8, 4) is 0 Å². The topological polar surface area (TPSA) is 93.8 Å². The lowest BCUT2D eigenvalue weighted by Crippen LogP contribution is -2.31. The molecule has 0 atom stereocenters. The Bertz CT molecular complexity index is 635. The number of ether oxygens (including phenoxy) is 1. The van der Waals surface area contributed by atoms with Crippen LogP contribution in [0.5, 0.6) is 0 Å². The second kappa shape index (κ2) is 4.92. The number of nitrogens with zero attached hydrogens (tertiary/aromatic N) is 2. The number of ketones is 1. The van der Waals surface area contributed by atoms with E-state index in [0.717, 1.165) is 0 Å². The molecule has 1 N–H and O–H groups in total. The first kappa shape index (κ1) is 15.1. The fourth-order valence-electron chi connectivity index (χ4n) is 2.29. The number of carbonyl (C=O) groups is 1. The van der Waals surface area contributed by atoms with Gasteiger partial charge in [-0.2, -0.15) is 5.10 Å². The number of nitro groups is 1. The van der Waals surface area contributed by atoms with Crippen LogP contribution in [0.4, 0.5) is 11.4 Å². The molecule has 1 heterocycles. The fraction of sp³-hybridized carbons (Fsp3) is 0.429. The van der Waals surface area contributed by atoms with Crippen molar-refractivity contribution in [3.05, 3.63) is 34.4 Å². The Balaban J connectivity index is 2.27. The molecule has 0 spiro atoms. The quantitative estimate of drug-likeness (QED) is 0.682. The number of hydrogen-bond donors (Lipinski definition) is 1. The predicted molar refractivity (Wildman–Crippen MR) is 78.4 cm³/mol. The second-order valence-corrected chi connectivity index (χ2v) is 5.83. The van der Waals surface area contributed by atoms with Gasteiger partial charge in [-0.1, -0.05) is 6.07 Å². The van der Waals surface area contributed by atoms with Crippen molar-refractivity contribution in [1.29, 1.82) is 0 Å². The van der Waals surface area contributed by atoms with Crippen LogP contribution in [-0.2, 0) is 9.53 Å². The number of nitrogens with one attached hydrogen (secondary N) is 1. The van der Waals surface area contributed by atoms with E-state index >= 15 is 0 Å². The lowest BCUT2D eigenvalue weighted by Gasteiger charge is -2.21. The van der Waals surface area contributed by atoms with E-state index < -0.39 is 16.1 Å². The van der Waals surface area contributed by atoms with Gasteiger partial charge in [0.05, 0.1) is 10.6 Å². The van der Waals surface area contributed by atoms with Crippen molar-refractivity contribution >= 4 is 22.9 Å². The van der Waals surface area contributed by atoms with E-state index in [1.54, 1.807) is 39.8 Å². The summed E-state index contributed by atoms with van der Waals surface area (Å²) in [5.41, 5.74) is 1.60. The molecule has 0 aromatic heterocycles. The molecule has 1 aromatic rings. The first-order chi connectivity index (χ1) is 9.63. The zero-order valence-electron chi connectivity index (χ0n) is 12.3. The van der Waals surface area contributed by atoms with Gasteiger partial charge in [0.1, 0.15) is 16.9 Å². The smallest absolute Gasteiger partial charge is 0.271 e. The number of anilines is 1. The zero-order valence-corrected chi connectivity index (χ0v) is 12.3. The molecule has 0 amide bonds. The summed E-state index contributed by atoms with van der Waals surface area (Å²) in [5, 5.41) is 14.8. The van der Waals surface area contributed by atoms with Crippen molar-refractivity contribution in [3.63, 3.8) is 0 Å². The number of carbonyl (C=O) groups excluding carboxylic acids is 1. The lowest BCUT2D eigenvalue weighted by molar-refractivity contribution is -0.384. The normalized spacial score (nSPS) is 21.5. The molecule has 2 rings (SSSR count). The van der Waals surface area contributed by atoms with Crippen LogP contribution in [0.2, 0.25) is 0 Å². The van der Waals surface area contributed by atoms with Gasteiger partial charge in [0, 0.05) is 12.1 Å². The molecule has 0 saturated carbocycles. The number of benzene rings is 1. The first-order valence-corrected chi connectivity index (χ1v) is 6.47. The Kier molecular flexibility index (Phi) is 3.54. The largest absolute Gasteiger partial charge is 0.355 e. The SMILES string of the molecule is CC1(C)OC(C)(C)/C(=N/Nc2cccc([N+](=O)[O-])c2)C1=O. The maximum Gasteiger partial charge on any atom is 0.271 e. The third-order valence-electron chi connectivity index (χ3n) is 3.20. The molecule has 1 fully saturated rings. The highest BCUT2D eigenvalue weighted by Crippen LogP contribution is 2.32. The summed E-state index contributed by atoms with van der Waals surface area (Å²) in [6, 6.07) is 5.91. The van der Waals surface area contributed by atoms with E-state index in [4.69, 9.17) is 4.74 Å². The van der Waals surface area contributed by atoms with Crippen LogP contribution in [-0.4, -0.2) is 27.6 Å². The van der Waals surface area contributed by atoms with Crippen LogP contribution in [0.1, 0.15) is 27.7 Å². The third kappa shape index (κ3) is 2.92. The van der Waals surface area contributed by atoms with E-state index in [1.165, 1.54) is 12.1 Å². The molecule has 7 nitrogen and oxygen atoms in total. The van der Waals surface area contributed by atoms with E-state index in [9.17, 15) is 14.9 Å². The number of Topliss-reactive ketones (excluding diaryl/α,β-unsaturated/α-hetero) is 1. The third-order valence-corrected chi connectivity index (χ3v) is 3.20. The molecule has 21 heavy (non-hydrogen) atoms. The maximum atomic E-state index is 12.2. The molecule has 1 aromatic carbocycles. The summed E-state index contributed by atoms with van der Waals surface area (Å²) in [7, 11) is 0. The highest BCUT2D eigenvalue weighted by atomic mass is 16.6. The van der Waals surface area contributed by atoms with Crippen LogP contribution < -0.4 is 5.43 Å². The van der Waals surface area contributed by atoms with Crippen molar-refractivity contribution in [2.24, 2.45) is 5.10 Å². The van der Waals surface area contributed by atoms with Crippen LogP contribution in [0.15, 0.2) is 29.4 Å². The standard InChI is InChI=1S/C14H17N3O4/c1-13(2)11(12(18)14(3,4)21-13)16-15-9-6-5-7-10(8-9)17(19)20/h5-8,15H,1-4H3/b16-11+. The first-order valence-electron chi connectivity index (χ1n) is 6.47. The zero-order chi connectivity index (χ0) is 15.8. The van der Waals surface area contributed by atoms with Crippen LogP contribution >= 0.6 is 0 Å². The van der Waals surface area contributed by atoms with Crippen molar-refractivity contribution in [2.75, 3.05) is 5.43 Å². The molecular weight excluding hydrogens is 274 g/mol. The van der Waals surface area contributed by atoms with Crippen molar-refractivity contribution in [1.82, 2.24) is 0 Å². The summed E-state index contributed by atoms with van der Waals surface area (Å²) in [6.07, 6.45) is 0. The summed E-state index contributed by atoms with van der Waals surface area (Å²) in [5.74, 6) is -0.203. The number of non-ortho nitro benzene ring substituents is 1. The van der Waals surface area contributed by atoms with Gasteiger partial charge < -0.3 is 4.74 Å². The van der Waals surface area contributed by atoms with Gasteiger partial charge in [-0.15, -0.1) is 0 Å². The number of hydrogen-bond acceptors (Lipinski definition) is 6. The number of hydrazone groups is 1. The van der Waals surface area contributed by atoms with Gasteiger partial charge >= 0.3 is 0 Å². The minimum Gasteiger partial charge on any atom is -0.355 e. The van der Waals surface area contributed by atoms with E-state index in [1.807, 2.05) is 0 Å². The summed E-state index contributed by atoms with van der Waals surface area (Å²) in [4.78, 5) is 22.5. The molecule has 0 radical (unpaired) electrons. The molecule has 7 heteroatoms. The molecular formula is C14H17N3O4. The van der Waals surface area contributed by atoms with Gasteiger partial charge in [-0.25, -0.2) is 0 Å². The Morgan fingerprint density at radius 3 is 2.43 bits per heavy atom. The van der Waals surface area contributed by atoms with E-state index in [0.29, 0.717) is 5.69 Å². The van der Waals surface area contributed by atoms with Crippen LogP contribution in [0.3, 0.4) is 0 Å². The Hall–Kier alpha value is -2.28. The predicted octanol–water partition coefficient (Wildman–Crippen LogP) is 2.52. The molecule has 1 aliphatic rings. The summed E-state index contributed by atoms with van der Waals surface area (Å²) >= 11 is 0. The minimum atomic E-state index is -0.924. The molecule has 112 valence electrons. The van der Waals surface area contributed by atoms with Gasteiger partial charge in [-0.05, 0) is 33.8 Å². The summed E-state index contributed by atoms with van der Waals surface area (Å²) < 4.78 is 5.68. The van der Waals surface area contributed by atoms with E-state index in [2.05, 4.69) is 10.5 Å². The fourth-order valence-corrected chi connectivity index (χ4v) is 2.29. The average molecular weight is 291 g/mol. The highest BCUT2D eigenvalue weighted by molar-refractivity contribution is 6.47.